The van der Waals surface area contributed by atoms with Gasteiger partial charge in [0.15, 0.2) is 5.78 Å². The number of aromatic nitrogens is 1. The first-order valence-corrected chi connectivity index (χ1v) is 7.77. The van der Waals surface area contributed by atoms with Gasteiger partial charge in [0, 0.05) is 30.6 Å². The highest BCUT2D eigenvalue weighted by Gasteiger charge is 2.34. The fourth-order valence-corrected chi connectivity index (χ4v) is 3.30. The quantitative estimate of drug-likeness (QED) is 0.784. The summed E-state index contributed by atoms with van der Waals surface area (Å²) < 4.78 is 6.89. The van der Waals surface area contributed by atoms with Crippen molar-refractivity contribution in [2.75, 3.05) is 6.61 Å². The lowest BCUT2D eigenvalue weighted by molar-refractivity contribution is -0.117. The average Bonchev–Trinajstić information content (AvgIpc) is 2.70. The van der Waals surface area contributed by atoms with Crippen LogP contribution in [0.5, 0.6) is 0 Å². The molecule has 0 radical (unpaired) electrons. The van der Waals surface area contributed by atoms with Crippen LogP contribution < -0.4 is 0 Å². The second-order valence-electron chi connectivity index (χ2n) is 5.92. The molecule has 0 aliphatic heterocycles. The van der Waals surface area contributed by atoms with Crippen LogP contribution in [0.25, 0.3) is 0 Å². The van der Waals surface area contributed by atoms with Gasteiger partial charge in [-0.2, -0.15) is 0 Å². The van der Waals surface area contributed by atoms with Crippen molar-refractivity contribution >= 4 is 17.5 Å². The Morgan fingerprint density at radius 2 is 2.05 bits per heavy atom. The third kappa shape index (κ3) is 2.85. The lowest BCUT2D eigenvalue weighted by Gasteiger charge is -2.22. The van der Waals surface area contributed by atoms with Gasteiger partial charge < -0.3 is 14.1 Å². The van der Waals surface area contributed by atoms with Crippen molar-refractivity contribution in [3.63, 3.8) is 0 Å². The molecular formula is C17H23NO4. The first kappa shape index (κ1) is 16.5. The minimum Gasteiger partial charge on any atom is -0.461 e. The van der Waals surface area contributed by atoms with Crippen LogP contribution in [0, 0.1) is 12.8 Å². The molecule has 1 aliphatic rings. The van der Waals surface area contributed by atoms with Gasteiger partial charge in [0.2, 0.25) is 0 Å². The summed E-state index contributed by atoms with van der Waals surface area (Å²) in [5.74, 6) is -0.334. The predicted octanol–water partition coefficient (Wildman–Crippen LogP) is 2.62. The van der Waals surface area contributed by atoms with E-state index in [-0.39, 0.29) is 23.5 Å². The molecule has 5 nitrogen and oxygen atoms in total. The molecule has 0 bridgehead atoms. The largest absolute Gasteiger partial charge is 0.461 e. The van der Waals surface area contributed by atoms with Gasteiger partial charge in [0.05, 0.1) is 6.61 Å². The zero-order chi connectivity index (χ0) is 16.4. The number of carbonyl (C=O) groups is 3. The van der Waals surface area contributed by atoms with E-state index in [4.69, 9.17) is 4.74 Å². The summed E-state index contributed by atoms with van der Waals surface area (Å²) in [6, 6.07) is 0. The van der Waals surface area contributed by atoms with E-state index in [1.807, 2.05) is 0 Å². The van der Waals surface area contributed by atoms with Gasteiger partial charge in [-0.3, -0.25) is 4.79 Å². The molecule has 1 aromatic heterocycles. The molecule has 0 saturated carbocycles. The first-order valence-electron chi connectivity index (χ1n) is 7.77. The van der Waals surface area contributed by atoms with E-state index in [9.17, 15) is 14.4 Å². The molecular weight excluding hydrogens is 282 g/mol. The number of hydrogen-bond acceptors (Lipinski definition) is 4. The average molecular weight is 305 g/mol. The highest BCUT2D eigenvalue weighted by Crippen LogP contribution is 2.33. The number of carbonyl (C=O) groups excluding carboxylic acids is 3. The van der Waals surface area contributed by atoms with E-state index in [0.29, 0.717) is 36.3 Å². The van der Waals surface area contributed by atoms with E-state index in [0.717, 1.165) is 18.5 Å². The Balaban J connectivity index is 2.35. The Kier molecular flexibility index (Phi) is 4.84. The lowest BCUT2D eigenvalue weighted by Crippen LogP contribution is -2.24. The second-order valence-corrected chi connectivity index (χ2v) is 5.92. The molecule has 0 N–H and O–H groups in total. The zero-order valence-electron chi connectivity index (χ0n) is 13.7. The number of rotatable bonds is 5. The Labute approximate surface area is 130 Å². The van der Waals surface area contributed by atoms with Crippen molar-refractivity contribution < 1.29 is 19.1 Å². The fraction of sp³-hybridized carbons (Fsp3) is 0.588. The SMILES string of the molecule is CCOC(=O)c1c(C)c2c(n1C)CCC(CCC(C)=O)C2=O. The standard InChI is InChI=1S/C17H23NO4/c1-5-22-17(21)15-11(3)14-13(18(15)4)9-8-12(16(14)20)7-6-10(2)19/h12H,5-9H2,1-4H3. The molecule has 1 unspecified atom stereocenters. The number of hydrogen-bond donors (Lipinski definition) is 0. The van der Waals surface area contributed by atoms with E-state index in [2.05, 4.69) is 0 Å². The van der Waals surface area contributed by atoms with Crippen LogP contribution >= 0.6 is 0 Å². The summed E-state index contributed by atoms with van der Waals surface area (Å²) >= 11 is 0. The summed E-state index contributed by atoms with van der Waals surface area (Å²) in [6.45, 7) is 5.42. The summed E-state index contributed by atoms with van der Waals surface area (Å²) in [7, 11) is 1.81. The van der Waals surface area contributed by atoms with E-state index in [1.165, 1.54) is 0 Å². The molecule has 22 heavy (non-hydrogen) atoms. The molecule has 0 saturated heterocycles. The van der Waals surface area contributed by atoms with E-state index >= 15 is 0 Å². The third-order valence-corrected chi connectivity index (χ3v) is 4.42. The molecule has 0 fully saturated rings. The molecule has 5 heteroatoms. The summed E-state index contributed by atoms with van der Waals surface area (Å²) in [6.07, 6.45) is 2.51. The molecule has 1 aromatic rings. The Morgan fingerprint density at radius 1 is 1.36 bits per heavy atom. The molecule has 0 aromatic carbocycles. The highest BCUT2D eigenvalue weighted by atomic mass is 16.5. The third-order valence-electron chi connectivity index (χ3n) is 4.42. The topological polar surface area (TPSA) is 65.4 Å². The number of nitrogens with zero attached hydrogens (tertiary/aromatic N) is 1. The monoisotopic (exact) mass is 305 g/mol. The maximum Gasteiger partial charge on any atom is 0.355 e. The molecule has 1 heterocycles. The normalized spacial score (nSPS) is 17.3. The van der Waals surface area contributed by atoms with Crippen LogP contribution in [0.1, 0.15) is 65.2 Å². The fourth-order valence-electron chi connectivity index (χ4n) is 3.30. The summed E-state index contributed by atoms with van der Waals surface area (Å²) in [5, 5.41) is 0. The number of fused-ring (bicyclic) bond motifs is 1. The molecule has 0 spiro atoms. The Bertz CT molecular complexity index is 627. The van der Waals surface area contributed by atoms with Crippen LogP contribution in [0.3, 0.4) is 0 Å². The minimum absolute atomic E-state index is 0.0612. The Morgan fingerprint density at radius 3 is 2.64 bits per heavy atom. The van der Waals surface area contributed by atoms with Gasteiger partial charge in [-0.1, -0.05) is 0 Å². The van der Waals surface area contributed by atoms with Gasteiger partial charge in [-0.25, -0.2) is 4.79 Å². The van der Waals surface area contributed by atoms with Gasteiger partial charge >= 0.3 is 5.97 Å². The molecule has 2 rings (SSSR count). The minimum atomic E-state index is -0.384. The van der Waals surface area contributed by atoms with Gasteiger partial charge in [-0.15, -0.1) is 0 Å². The van der Waals surface area contributed by atoms with Crippen LogP contribution in [0.2, 0.25) is 0 Å². The summed E-state index contributed by atoms with van der Waals surface area (Å²) in [4.78, 5) is 36.0. The van der Waals surface area contributed by atoms with Crippen molar-refractivity contribution in [3.8, 4) is 0 Å². The van der Waals surface area contributed by atoms with Crippen molar-refractivity contribution in [3.05, 3.63) is 22.5 Å². The van der Waals surface area contributed by atoms with Crippen molar-refractivity contribution in [2.24, 2.45) is 13.0 Å². The lowest BCUT2D eigenvalue weighted by atomic mass is 9.82. The summed E-state index contributed by atoms with van der Waals surface area (Å²) in [5.41, 5.74) is 2.73. The smallest absolute Gasteiger partial charge is 0.355 e. The number of esters is 1. The zero-order valence-corrected chi connectivity index (χ0v) is 13.7. The van der Waals surface area contributed by atoms with Crippen LogP contribution in [-0.2, 0) is 23.0 Å². The van der Waals surface area contributed by atoms with Crippen molar-refractivity contribution in [2.45, 2.75) is 46.5 Å². The van der Waals surface area contributed by atoms with Gasteiger partial charge in [0.1, 0.15) is 11.5 Å². The van der Waals surface area contributed by atoms with Gasteiger partial charge in [-0.05, 0) is 45.6 Å². The van der Waals surface area contributed by atoms with Crippen molar-refractivity contribution in [1.29, 1.82) is 0 Å². The van der Waals surface area contributed by atoms with Crippen molar-refractivity contribution in [1.82, 2.24) is 4.57 Å². The first-order chi connectivity index (χ1) is 10.4. The maximum absolute atomic E-state index is 12.7. The number of Topliss-reactive ketones (excluding diaryl/α,β-unsaturated/α-hetero) is 2. The highest BCUT2D eigenvalue weighted by molar-refractivity contribution is 6.04. The second kappa shape index (κ2) is 6.46. The van der Waals surface area contributed by atoms with Crippen LogP contribution in [0.15, 0.2) is 0 Å². The maximum atomic E-state index is 12.7. The number of ketones is 2. The van der Waals surface area contributed by atoms with E-state index < -0.39 is 0 Å². The van der Waals surface area contributed by atoms with E-state index in [1.54, 1.807) is 32.4 Å². The Hall–Kier alpha value is -1.91. The van der Waals surface area contributed by atoms with Gasteiger partial charge in [0.25, 0.3) is 0 Å². The van der Waals surface area contributed by atoms with Crippen LogP contribution in [0.4, 0.5) is 0 Å². The number of ether oxygens (including phenoxy) is 1. The molecule has 120 valence electrons. The molecule has 1 atom stereocenters. The predicted molar refractivity (Wildman–Crippen MR) is 82.2 cm³/mol. The molecule has 0 amide bonds. The molecule has 1 aliphatic carbocycles. The van der Waals surface area contributed by atoms with Crippen LogP contribution in [-0.4, -0.2) is 28.7 Å².